The van der Waals surface area contributed by atoms with Gasteiger partial charge in [0.05, 0.1) is 0 Å². The lowest BCUT2D eigenvalue weighted by Crippen LogP contribution is -2.14. The first kappa shape index (κ1) is 11.5. The van der Waals surface area contributed by atoms with Crippen molar-refractivity contribution in [3.05, 3.63) is 16.8 Å². The molecule has 0 aliphatic heterocycles. The van der Waals surface area contributed by atoms with E-state index >= 15 is 0 Å². The smallest absolute Gasteiger partial charge is 0.229 e. The molecule has 98 valence electrons. The van der Waals surface area contributed by atoms with Crippen LogP contribution >= 0.6 is 22.7 Å². The maximum absolute atomic E-state index is 12.0. The molecule has 2 aliphatic carbocycles. The zero-order valence-electron chi connectivity index (χ0n) is 10.2. The summed E-state index contributed by atoms with van der Waals surface area (Å²) in [5.74, 6) is 1.82. The summed E-state index contributed by atoms with van der Waals surface area (Å²) in [7, 11) is 0. The molecule has 1 amide bonds. The Morgan fingerprint density at radius 1 is 1.37 bits per heavy atom. The van der Waals surface area contributed by atoms with Crippen LogP contribution in [0.25, 0.3) is 10.6 Å². The number of nitrogens with zero attached hydrogens (tertiary/aromatic N) is 2. The maximum Gasteiger partial charge on any atom is 0.229 e. The summed E-state index contributed by atoms with van der Waals surface area (Å²) in [6, 6.07) is 2.01. The van der Waals surface area contributed by atoms with Gasteiger partial charge in [-0.05, 0) is 42.5 Å². The predicted octanol–water partition coefficient (Wildman–Crippen LogP) is 3.25. The standard InChI is InChI=1S/C13H13N3OS2/c17-11(10-5-9(10)7-1-2-7)14-13-16-15-12(19-13)8-3-4-18-6-8/h3-4,6-7,9-10H,1-2,5H2,(H,14,16,17). The molecule has 2 aliphatic rings. The number of nitrogens with one attached hydrogen (secondary N) is 1. The summed E-state index contributed by atoms with van der Waals surface area (Å²) >= 11 is 3.08. The topological polar surface area (TPSA) is 54.9 Å². The molecule has 0 spiro atoms. The zero-order valence-corrected chi connectivity index (χ0v) is 11.8. The third-order valence-corrected chi connectivity index (χ3v) is 5.40. The largest absolute Gasteiger partial charge is 0.300 e. The Bertz CT molecular complexity index is 603. The van der Waals surface area contributed by atoms with Gasteiger partial charge in [-0.15, -0.1) is 10.2 Å². The molecule has 2 aromatic heterocycles. The van der Waals surface area contributed by atoms with Gasteiger partial charge in [0, 0.05) is 16.9 Å². The Morgan fingerprint density at radius 2 is 2.26 bits per heavy atom. The molecule has 0 bridgehead atoms. The second kappa shape index (κ2) is 4.38. The van der Waals surface area contributed by atoms with Crippen LogP contribution in [0, 0.1) is 17.8 Å². The van der Waals surface area contributed by atoms with Crippen LogP contribution in [-0.2, 0) is 4.79 Å². The second-order valence-electron chi connectivity index (χ2n) is 5.26. The number of thiophene rings is 1. The number of rotatable bonds is 4. The minimum atomic E-state index is 0.130. The van der Waals surface area contributed by atoms with E-state index in [-0.39, 0.29) is 11.8 Å². The van der Waals surface area contributed by atoms with Crippen LogP contribution in [0.5, 0.6) is 0 Å². The Hall–Kier alpha value is -1.27. The van der Waals surface area contributed by atoms with Crippen molar-refractivity contribution in [2.24, 2.45) is 17.8 Å². The summed E-state index contributed by atoms with van der Waals surface area (Å²) in [6.45, 7) is 0. The van der Waals surface area contributed by atoms with E-state index in [0.717, 1.165) is 22.9 Å². The van der Waals surface area contributed by atoms with Gasteiger partial charge < -0.3 is 5.32 Å². The third kappa shape index (κ3) is 2.30. The van der Waals surface area contributed by atoms with E-state index in [1.165, 1.54) is 24.2 Å². The molecule has 0 radical (unpaired) electrons. The highest BCUT2D eigenvalue weighted by Gasteiger charge is 2.51. The monoisotopic (exact) mass is 291 g/mol. The van der Waals surface area contributed by atoms with Crippen molar-refractivity contribution < 1.29 is 4.79 Å². The van der Waals surface area contributed by atoms with Crippen LogP contribution in [-0.4, -0.2) is 16.1 Å². The van der Waals surface area contributed by atoms with Crippen LogP contribution in [0.4, 0.5) is 5.13 Å². The number of hydrogen-bond donors (Lipinski definition) is 1. The normalized spacial score (nSPS) is 25.3. The molecule has 4 nitrogen and oxygen atoms in total. The first-order valence-electron chi connectivity index (χ1n) is 6.48. The first-order chi connectivity index (χ1) is 9.31. The quantitative estimate of drug-likeness (QED) is 0.940. The van der Waals surface area contributed by atoms with Crippen molar-refractivity contribution in [3.8, 4) is 10.6 Å². The van der Waals surface area contributed by atoms with Gasteiger partial charge in [-0.1, -0.05) is 11.3 Å². The summed E-state index contributed by atoms with van der Waals surface area (Å²) in [5, 5.41) is 16.6. The van der Waals surface area contributed by atoms with E-state index in [2.05, 4.69) is 15.5 Å². The van der Waals surface area contributed by atoms with Crippen molar-refractivity contribution in [1.29, 1.82) is 0 Å². The summed E-state index contributed by atoms with van der Waals surface area (Å²) in [6.07, 6.45) is 3.69. The Balaban J connectivity index is 1.41. The third-order valence-electron chi connectivity index (χ3n) is 3.83. The van der Waals surface area contributed by atoms with E-state index in [1.807, 2.05) is 16.8 Å². The number of hydrogen-bond acceptors (Lipinski definition) is 5. The molecule has 2 saturated carbocycles. The average Bonchev–Trinajstić information content (AvgIpc) is 3.28. The molecule has 19 heavy (non-hydrogen) atoms. The molecule has 4 rings (SSSR count). The van der Waals surface area contributed by atoms with Gasteiger partial charge >= 0.3 is 0 Å². The lowest BCUT2D eigenvalue weighted by Gasteiger charge is -1.98. The maximum atomic E-state index is 12.0. The number of amides is 1. The second-order valence-corrected chi connectivity index (χ2v) is 7.01. The Morgan fingerprint density at radius 3 is 3.00 bits per heavy atom. The molecular formula is C13H13N3OS2. The fourth-order valence-electron chi connectivity index (χ4n) is 2.54. The van der Waals surface area contributed by atoms with Crippen molar-refractivity contribution in [2.45, 2.75) is 19.3 Å². The van der Waals surface area contributed by atoms with Crippen LogP contribution in [0.1, 0.15) is 19.3 Å². The van der Waals surface area contributed by atoms with E-state index in [1.54, 1.807) is 11.3 Å². The van der Waals surface area contributed by atoms with Crippen molar-refractivity contribution in [3.63, 3.8) is 0 Å². The van der Waals surface area contributed by atoms with E-state index in [4.69, 9.17) is 0 Å². The highest BCUT2D eigenvalue weighted by Crippen LogP contribution is 2.54. The molecule has 2 heterocycles. The highest BCUT2D eigenvalue weighted by atomic mass is 32.1. The van der Waals surface area contributed by atoms with Crippen molar-refractivity contribution >= 4 is 33.7 Å². The number of carbonyl (C=O) groups is 1. The van der Waals surface area contributed by atoms with Gasteiger partial charge in [-0.3, -0.25) is 4.79 Å². The van der Waals surface area contributed by atoms with Crippen molar-refractivity contribution in [2.75, 3.05) is 5.32 Å². The number of anilines is 1. The molecule has 1 N–H and O–H groups in total. The molecule has 6 heteroatoms. The van der Waals surface area contributed by atoms with E-state index in [0.29, 0.717) is 11.0 Å². The zero-order chi connectivity index (χ0) is 12.8. The number of carbonyl (C=O) groups excluding carboxylic acids is 1. The highest BCUT2D eigenvalue weighted by molar-refractivity contribution is 7.19. The Labute approximate surface area is 118 Å². The Kier molecular flexibility index (Phi) is 2.66. The molecule has 0 saturated heterocycles. The predicted molar refractivity (Wildman–Crippen MR) is 76.2 cm³/mol. The fourth-order valence-corrected chi connectivity index (χ4v) is 3.99. The lowest BCUT2D eigenvalue weighted by atomic mass is 10.2. The summed E-state index contributed by atoms with van der Waals surface area (Å²) in [5.41, 5.74) is 1.07. The average molecular weight is 291 g/mol. The van der Waals surface area contributed by atoms with Gasteiger partial charge in [0.1, 0.15) is 5.01 Å². The van der Waals surface area contributed by atoms with Crippen LogP contribution in [0.3, 0.4) is 0 Å². The molecule has 2 aromatic rings. The van der Waals surface area contributed by atoms with Gasteiger partial charge in [-0.25, -0.2) is 0 Å². The van der Waals surface area contributed by atoms with Gasteiger partial charge in [0.25, 0.3) is 0 Å². The van der Waals surface area contributed by atoms with Crippen LogP contribution in [0.2, 0.25) is 0 Å². The van der Waals surface area contributed by atoms with E-state index < -0.39 is 0 Å². The summed E-state index contributed by atoms with van der Waals surface area (Å²) in [4.78, 5) is 12.0. The molecule has 0 aromatic carbocycles. The first-order valence-corrected chi connectivity index (χ1v) is 8.24. The van der Waals surface area contributed by atoms with Crippen molar-refractivity contribution in [1.82, 2.24) is 10.2 Å². The molecular weight excluding hydrogens is 278 g/mol. The summed E-state index contributed by atoms with van der Waals surface area (Å²) < 4.78 is 0. The lowest BCUT2D eigenvalue weighted by molar-refractivity contribution is -0.117. The van der Waals surface area contributed by atoms with Gasteiger partial charge in [0.2, 0.25) is 11.0 Å². The van der Waals surface area contributed by atoms with Crippen LogP contribution in [0.15, 0.2) is 16.8 Å². The van der Waals surface area contributed by atoms with E-state index in [9.17, 15) is 4.79 Å². The minimum absolute atomic E-state index is 0.130. The van der Waals surface area contributed by atoms with Gasteiger partial charge in [0.15, 0.2) is 0 Å². The minimum Gasteiger partial charge on any atom is -0.300 e. The van der Waals surface area contributed by atoms with Gasteiger partial charge in [-0.2, -0.15) is 11.3 Å². The molecule has 2 fully saturated rings. The van der Waals surface area contributed by atoms with Crippen LogP contribution < -0.4 is 5.32 Å². The fraction of sp³-hybridized carbons (Fsp3) is 0.462. The number of aromatic nitrogens is 2. The molecule has 2 atom stereocenters. The molecule has 2 unspecified atom stereocenters. The SMILES string of the molecule is O=C(Nc1nnc(-c2ccsc2)s1)C1CC1C1CC1.